The van der Waals surface area contributed by atoms with E-state index in [-0.39, 0.29) is 43.3 Å². The summed E-state index contributed by atoms with van der Waals surface area (Å²) in [6.45, 7) is 6.41. The lowest BCUT2D eigenvalue weighted by Gasteiger charge is -2.41. The van der Waals surface area contributed by atoms with Gasteiger partial charge in [0.25, 0.3) is 12.9 Å². The van der Waals surface area contributed by atoms with Crippen molar-refractivity contribution in [2.45, 2.75) is 102 Å². The summed E-state index contributed by atoms with van der Waals surface area (Å²) in [4.78, 5) is 13.8. The Labute approximate surface area is 247 Å². The number of amides is 1. The van der Waals surface area contributed by atoms with Crippen LogP contribution >= 0.6 is 0 Å². The van der Waals surface area contributed by atoms with Crippen molar-refractivity contribution in [3.8, 4) is 0 Å². The van der Waals surface area contributed by atoms with Crippen LogP contribution in [0.5, 0.6) is 0 Å². The Hall–Kier alpha value is -2.65. The molecule has 5 nitrogen and oxygen atoms in total. The quantitative estimate of drug-likeness (QED) is 0.329. The van der Waals surface area contributed by atoms with Gasteiger partial charge in [-0.05, 0) is 57.6 Å². The van der Waals surface area contributed by atoms with E-state index in [1.165, 1.54) is 30.7 Å². The van der Waals surface area contributed by atoms with E-state index >= 15 is 0 Å². The van der Waals surface area contributed by atoms with E-state index in [1.54, 1.807) is 29.2 Å². The average molecular weight is 598 g/mol. The number of aliphatic hydroxyl groups excluding tert-OH is 2. The van der Waals surface area contributed by atoms with Gasteiger partial charge >= 0.3 is 6.09 Å². The second-order valence-electron chi connectivity index (χ2n) is 12.3. The van der Waals surface area contributed by atoms with Crippen LogP contribution in [0, 0.1) is 0 Å². The lowest BCUT2D eigenvalue weighted by Crippen LogP contribution is -2.48. The van der Waals surface area contributed by atoms with Crippen LogP contribution in [0.4, 0.5) is 22.4 Å². The van der Waals surface area contributed by atoms with Gasteiger partial charge in [0.1, 0.15) is 5.60 Å². The van der Waals surface area contributed by atoms with E-state index < -0.39 is 23.9 Å². The summed E-state index contributed by atoms with van der Waals surface area (Å²) < 4.78 is 55.7. The molecule has 2 N–H and O–H groups in total. The number of carbonyl (C=O) groups is 1. The average Bonchev–Trinajstić information content (AvgIpc) is 2.97. The van der Waals surface area contributed by atoms with Crippen molar-refractivity contribution >= 4 is 6.09 Å². The van der Waals surface area contributed by atoms with Crippen molar-refractivity contribution in [2.24, 2.45) is 0 Å². The van der Waals surface area contributed by atoms with Crippen LogP contribution in [0.1, 0.15) is 108 Å². The number of rotatable bonds is 6. The van der Waals surface area contributed by atoms with Gasteiger partial charge in [-0.25, -0.2) is 22.4 Å². The number of hydrogen-bond donors (Lipinski definition) is 2. The Morgan fingerprint density at radius 3 is 1.48 bits per heavy atom. The summed E-state index contributed by atoms with van der Waals surface area (Å²) >= 11 is 0. The number of hydrogen-bond acceptors (Lipinski definition) is 4. The predicted molar refractivity (Wildman–Crippen MR) is 157 cm³/mol. The SMILES string of the molecule is C.CC(C)(C)OC(=O)N1CCC(CO)(c2ccc(C(F)F)cc2)CC1.OCC1(c2ccc(C(F)F)cc2)CCCCC1. The molecule has 2 aromatic rings. The normalized spacial score (nSPS) is 18.1. The largest absolute Gasteiger partial charge is 0.444 e. The minimum atomic E-state index is -2.50. The highest BCUT2D eigenvalue weighted by Gasteiger charge is 2.38. The number of aliphatic hydroxyl groups is 2. The van der Waals surface area contributed by atoms with Gasteiger partial charge in [0.05, 0.1) is 13.2 Å². The van der Waals surface area contributed by atoms with Gasteiger partial charge in [-0.3, -0.25) is 0 Å². The Bertz CT molecular complexity index is 1090. The molecule has 1 aliphatic carbocycles. The van der Waals surface area contributed by atoms with Crippen LogP contribution in [0.2, 0.25) is 0 Å². The molecular weight excluding hydrogens is 550 g/mol. The molecule has 42 heavy (non-hydrogen) atoms. The molecule has 9 heteroatoms. The van der Waals surface area contributed by atoms with Crippen molar-refractivity contribution in [2.75, 3.05) is 26.3 Å². The van der Waals surface area contributed by atoms with Gasteiger partial charge in [0.2, 0.25) is 0 Å². The second-order valence-corrected chi connectivity index (χ2v) is 12.3. The number of ether oxygens (including phenoxy) is 1. The van der Waals surface area contributed by atoms with E-state index in [1.807, 2.05) is 20.8 Å². The van der Waals surface area contributed by atoms with Gasteiger partial charge in [-0.2, -0.15) is 0 Å². The summed E-state index contributed by atoms with van der Waals surface area (Å²) in [7, 11) is 0. The monoisotopic (exact) mass is 597 g/mol. The van der Waals surface area contributed by atoms with E-state index in [4.69, 9.17) is 4.74 Å². The number of benzene rings is 2. The van der Waals surface area contributed by atoms with Crippen LogP contribution in [0.15, 0.2) is 48.5 Å². The Morgan fingerprint density at radius 1 is 0.762 bits per heavy atom. The highest BCUT2D eigenvalue weighted by Crippen LogP contribution is 2.40. The zero-order valence-electron chi connectivity index (χ0n) is 24.2. The number of halogens is 4. The van der Waals surface area contributed by atoms with Crippen molar-refractivity contribution in [1.29, 1.82) is 0 Å². The number of nitrogens with zero attached hydrogens (tertiary/aromatic N) is 1. The minimum Gasteiger partial charge on any atom is -0.444 e. The topological polar surface area (TPSA) is 70.0 Å². The van der Waals surface area contributed by atoms with Crippen LogP contribution in [-0.4, -0.2) is 53.1 Å². The van der Waals surface area contributed by atoms with Gasteiger partial charge in [-0.1, -0.05) is 75.2 Å². The molecule has 0 aromatic heterocycles. The van der Waals surface area contributed by atoms with Crippen molar-refractivity contribution in [1.82, 2.24) is 4.90 Å². The second kappa shape index (κ2) is 15.2. The summed E-state index contributed by atoms with van der Waals surface area (Å²) in [6, 6.07) is 12.6. The van der Waals surface area contributed by atoms with E-state index in [0.29, 0.717) is 25.9 Å². The zero-order chi connectivity index (χ0) is 30.3. The molecule has 1 saturated heterocycles. The fourth-order valence-electron chi connectivity index (χ4n) is 5.71. The van der Waals surface area contributed by atoms with E-state index in [9.17, 15) is 32.6 Å². The lowest BCUT2D eigenvalue weighted by atomic mass is 9.70. The maximum Gasteiger partial charge on any atom is 0.410 e. The summed E-state index contributed by atoms with van der Waals surface area (Å²) in [5.74, 6) is 0. The fraction of sp³-hybridized carbons (Fsp3) is 0.606. The van der Waals surface area contributed by atoms with Crippen LogP contribution < -0.4 is 0 Å². The molecule has 2 aliphatic rings. The molecule has 0 radical (unpaired) electrons. The smallest absolute Gasteiger partial charge is 0.410 e. The first kappa shape index (κ1) is 35.5. The van der Waals surface area contributed by atoms with Gasteiger partial charge < -0.3 is 19.8 Å². The first-order valence-corrected chi connectivity index (χ1v) is 14.3. The number of piperidine rings is 1. The van der Waals surface area contributed by atoms with Gasteiger partial charge in [0.15, 0.2) is 0 Å². The van der Waals surface area contributed by atoms with Crippen molar-refractivity contribution in [3.05, 3.63) is 70.8 Å². The molecule has 236 valence electrons. The minimum absolute atomic E-state index is 0. The maximum atomic E-state index is 12.7. The Morgan fingerprint density at radius 2 is 1.14 bits per heavy atom. The maximum absolute atomic E-state index is 12.7. The molecule has 0 spiro atoms. The van der Waals surface area contributed by atoms with Crippen molar-refractivity contribution < 1.29 is 37.3 Å². The molecular formula is C33H47F4NO4. The number of carbonyl (C=O) groups excluding carboxylic acids is 1. The molecule has 2 aromatic carbocycles. The first-order valence-electron chi connectivity index (χ1n) is 14.3. The predicted octanol–water partition coefficient (Wildman–Crippen LogP) is 8.34. The van der Waals surface area contributed by atoms with Crippen LogP contribution in [-0.2, 0) is 15.6 Å². The molecule has 4 rings (SSSR count). The van der Waals surface area contributed by atoms with Gasteiger partial charge in [0, 0.05) is 35.0 Å². The summed E-state index contributed by atoms with van der Waals surface area (Å²) in [5, 5.41) is 19.5. The van der Waals surface area contributed by atoms with Crippen molar-refractivity contribution in [3.63, 3.8) is 0 Å². The standard InChI is InChI=1S/C18H25F2NO3.C14H18F2O.CH4/c1-17(2,3)24-16(23)21-10-8-18(12-22,9-11-21)14-6-4-13(5-7-14)15(19)20;15-13(16)11-4-6-12(7-5-11)14(10-17)8-2-1-3-9-14;/h4-7,15,22H,8-12H2,1-3H3;4-7,13,17H,1-3,8-10H2;1H4. The number of alkyl halides is 4. The van der Waals surface area contributed by atoms with E-state index in [0.717, 1.165) is 36.8 Å². The van der Waals surface area contributed by atoms with Crippen LogP contribution in [0.25, 0.3) is 0 Å². The Balaban J connectivity index is 0.000000302. The molecule has 0 unspecified atom stereocenters. The molecule has 1 saturated carbocycles. The third-order valence-corrected chi connectivity index (χ3v) is 8.34. The molecule has 1 aliphatic heterocycles. The van der Waals surface area contributed by atoms with E-state index in [2.05, 4.69) is 0 Å². The summed E-state index contributed by atoms with van der Waals surface area (Å²) in [5.41, 5.74) is 0.615. The Kier molecular flexibility index (Phi) is 12.9. The van der Waals surface area contributed by atoms with Crippen LogP contribution in [0.3, 0.4) is 0 Å². The molecule has 1 heterocycles. The molecule has 2 fully saturated rings. The number of likely N-dealkylation sites (tertiary alicyclic amines) is 1. The lowest BCUT2D eigenvalue weighted by molar-refractivity contribution is 0.0123. The fourth-order valence-corrected chi connectivity index (χ4v) is 5.71. The third-order valence-electron chi connectivity index (χ3n) is 8.34. The highest BCUT2D eigenvalue weighted by molar-refractivity contribution is 5.68. The molecule has 0 atom stereocenters. The zero-order valence-corrected chi connectivity index (χ0v) is 24.2. The molecule has 1 amide bonds. The third kappa shape index (κ3) is 8.93. The first-order chi connectivity index (χ1) is 19.3. The highest BCUT2D eigenvalue weighted by atomic mass is 19.3. The molecule has 0 bridgehead atoms. The van der Waals surface area contributed by atoms with Gasteiger partial charge in [-0.15, -0.1) is 0 Å². The summed E-state index contributed by atoms with van der Waals surface area (Å²) in [6.07, 6.45) is 1.19.